The minimum atomic E-state index is 0.296. The number of ether oxygens (including phenoxy) is 1. The molecule has 0 atom stereocenters. The summed E-state index contributed by atoms with van der Waals surface area (Å²) in [5, 5.41) is 7.35. The van der Waals surface area contributed by atoms with Gasteiger partial charge in [-0.3, -0.25) is 0 Å². The highest BCUT2D eigenvalue weighted by Crippen LogP contribution is 2.16. The summed E-state index contributed by atoms with van der Waals surface area (Å²) in [6.45, 7) is 0. The SMILES string of the molecule is COc1c([S])nnn1OC. The second-order valence-electron chi connectivity index (χ2n) is 1.46. The third-order valence-corrected chi connectivity index (χ3v) is 1.20. The smallest absolute Gasteiger partial charge is 0.289 e. The fraction of sp³-hybridized carbons (Fsp3) is 0.500. The van der Waals surface area contributed by atoms with Gasteiger partial charge in [0.15, 0.2) is 0 Å². The van der Waals surface area contributed by atoms with E-state index in [0.29, 0.717) is 10.9 Å². The summed E-state index contributed by atoms with van der Waals surface area (Å²) in [5.41, 5.74) is 0. The lowest BCUT2D eigenvalue weighted by Gasteiger charge is -1.99. The van der Waals surface area contributed by atoms with Crippen LogP contribution in [0.25, 0.3) is 0 Å². The first kappa shape index (κ1) is 7.07. The molecule has 0 aliphatic rings. The molecule has 0 saturated heterocycles. The van der Waals surface area contributed by atoms with Gasteiger partial charge in [0.05, 0.1) is 7.11 Å². The molecule has 1 aromatic rings. The number of nitrogens with zero attached hydrogens (tertiary/aromatic N) is 3. The monoisotopic (exact) mass is 160 g/mol. The summed E-state index contributed by atoms with van der Waals surface area (Å²) < 4.78 is 4.82. The fourth-order valence-corrected chi connectivity index (χ4v) is 0.729. The molecule has 0 amide bonds. The van der Waals surface area contributed by atoms with E-state index in [1.54, 1.807) is 0 Å². The van der Waals surface area contributed by atoms with E-state index in [9.17, 15) is 0 Å². The van der Waals surface area contributed by atoms with E-state index in [-0.39, 0.29) is 0 Å². The van der Waals surface area contributed by atoms with Crippen molar-refractivity contribution in [1.29, 1.82) is 0 Å². The second kappa shape index (κ2) is 2.70. The van der Waals surface area contributed by atoms with Crippen molar-refractivity contribution in [1.82, 2.24) is 15.2 Å². The van der Waals surface area contributed by atoms with Crippen LogP contribution in [-0.2, 0) is 0 Å². The molecule has 6 heteroatoms. The maximum atomic E-state index is 4.82. The van der Waals surface area contributed by atoms with Crippen molar-refractivity contribution in [3.8, 4) is 5.88 Å². The maximum absolute atomic E-state index is 4.82. The number of aromatic nitrogens is 3. The van der Waals surface area contributed by atoms with Crippen LogP contribution in [0, 0.1) is 0 Å². The van der Waals surface area contributed by atoms with Crippen molar-refractivity contribution in [2.75, 3.05) is 14.2 Å². The molecule has 5 nitrogen and oxygen atoms in total. The van der Waals surface area contributed by atoms with Gasteiger partial charge in [0.1, 0.15) is 7.11 Å². The average molecular weight is 160 g/mol. The van der Waals surface area contributed by atoms with Crippen molar-refractivity contribution in [3.05, 3.63) is 0 Å². The molecule has 0 spiro atoms. The Hall–Kier alpha value is -1.04. The second-order valence-corrected chi connectivity index (χ2v) is 1.85. The van der Waals surface area contributed by atoms with Crippen molar-refractivity contribution in [2.45, 2.75) is 5.03 Å². The van der Waals surface area contributed by atoms with Crippen LogP contribution in [0.3, 0.4) is 0 Å². The van der Waals surface area contributed by atoms with Gasteiger partial charge >= 0.3 is 0 Å². The maximum Gasteiger partial charge on any atom is 0.289 e. The molecule has 1 heterocycles. The quantitative estimate of drug-likeness (QED) is 0.606. The molecule has 0 N–H and O–H groups in total. The van der Waals surface area contributed by atoms with E-state index >= 15 is 0 Å². The average Bonchev–Trinajstić information content (AvgIpc) is 2.30. The highest BCUT2D eigenvalue weighted by atomic mass is 32.1. The third kappa shape index (κ3) is 0.971. The van der Waals surface area contributed by atoms with Crippen LogP contribution in [0.1, 0.15) is 0 Å². The van der Waals surface area contributed by atoms with Crippen molar-refractivity contribution in [3.63, 3.8) is 0 Å². The first-order valence-electron chi connectivity index (χ1n) is 2.50. The van der Waals surface area contributed by atoms with Crippen LogP contribution < -0.4 is 9.57 Å². The third-order valence-electron chi connectivity index (χ3n) is 0.940. The van der Waals surface area contributed by atoms with Gasteiger partial charge in [0.25, 0.3) is 5.88 Å². The topological polar surface area (TPSA) is 49.2 Å². The molecular formula is C4H6N3O2S. The Morgan fingerprint density at radius 3 is 2.60 bits per heavy atom. The molecule has 10 heavy (non-hydrogen) atoms. The molecule has 0 fully saturated rings. The lowest BCUT2D eigenvalue weighted by Crippen LogP contribution is -2.09. The van der Waals surface area contributed by atoms with Gasteiger partial charge < -0.3 is 9.57 Å². The predicted octanol–water partition coefficient (Wildman–Crippen LogP) is -0.0985. The molecule has 1 radical (unpaired) electrons. The predicted molar refractivity (Wildman–Crippen MR) is 34.9 cm³/mol. The van der Waals surface area contributed by atoms with Gasteiger partial charge in [-0.15, -0.1) is 5.10 Å². The highest BCUT2D eigenvalue weighted by molar-refractivity contribution is 7.80. The lowest BCUT2D eigenvalue weighted by molar-refractivity contribution is 0.104. The van der Waals surface area contributed by atoms with Crippen molar-refractivity contribution >= 4 is 12.6 Å². The molecule has 55 valence electrons. The van der Waals surface area contributed by atoms with E-state index < -0.39 is 0 Å². The van der Waals surface area contributed by atoms with E-state index in [1.165, 1.54) is 14.2 Å². The lowest BCUT2D eigenvalue weighted by atomic mass is 10.8. The van der Waals surface area contributed by atoms with Gasteiger partial charge in [-0.1, -0.05) is 12.6 Å². The van der Waals surface area contributed by atoms with Gasteiger partial charge in [0.2, 0.25) is 5.03 Å². The number of methoxy groups -OCH3 is 1. The van der Waals surface area contributed by atoms with Gasteiger partial charge in [0, 0.05) is 0 Å². The van der Waals surface area contributed by atoms with Gasteiger partial charge in [-0.25, -0.2) is 0 Å². The molecule has 1 rings (SSSR count). The Labute approximate surface area is 63.3 Å². The van der Waals surface area contributed by atoms with E-state index in [1.807, 2.05) is 0 Å². The molecule has 0 saturated carbocycles. The summed E-state index contributed by atoms with van der Waals surface area (Å²) in [6.07, 6.45) is 0. The van der Waals surface area contributed by atoms with Crippen LogP contribution >= 0.6 is 12.6 Å². The van der Waals surface area contributed by atoms with Crippen molar-refractivity contribution < 1.29 is 9.57 Å². The Balaban J connectivity index is 3.01. The Morgan fingerprint density at radius 1 is 1.50 bits per heavy atom. The van der Waals surface area contributed by atoms with Crippen LogP contribution in [-0.4, -0.2) is 29.4 Å². The minimum absolute atomic E-state index is 0.296. The molecule has 0 unspecified atom stereocenters. The molecular weight excluding hydrogens is 154 g/mol. The molecule has 0 aliphatic heterocycles. The molecule has 0 aromatic carbocycles. The van der Waals surface area contributed by atoms with Gasteiger partial charge in [-0.05, 0) is 10.1 Å². The standard InChI is InChI=1S/C4H6N3O2S/c1-8-4-3(10)5-6-7(4)9-2/h1-2H3. The summed E-state index contributed by atoms with van der Waals surface area (Å²) in [5.74, 6) is 0.345. The molecule has 1 aromatic heterocycles. The number of hydrogen-bond donors (Lipinski definition) is 0. The van der Waals surface area contributed by atoms with Crippen LogP contribution in [0.15, 0.2) is 5.03 Å². The molecule has 0 aliphatic carbocycles. The van der Waals surface area contributed by atoms with E-state index in [0.717, 1.165) is 4.85 Å². The first-order chi connectivity index (χ1) is 4.79. The highest BCUT2D eigenvalue weighted by Gasteiger charge is 2.10. The van der Waals surface area contributed by atoms with Crippen molar-refractivity contribution in [2.24, 2.45) is 0 Å². The summed E-state index contributed by atoms with van der Waals surface area (Å²) in [7, 11) is 2.93. The fourth-order valence-electron chi connectivity index (χ4n) is 0.531. The van der Waals surface area contributed by atoms with E-state index in [4.69, 9.17) is 22.2 Å². The zero-order chi connectivity index (χ0) is 7.56. The zero-order valence-electron chi connectivity index (χ0n) is 5.57. The Kier molecular flexibility index (Phi) is 1.91. The number of rotatable bonds is 2. The summed E-state index contributed by atoms with van der Waals surface area (Å²) in [4.78, 5) is 5.82. The van der Waals surface area contributed by atoms with Crippen LogP contribution in [0.5, 0.6) is 5.88 Å². The number of hydrogen-bond acceptors (Lipinski definition) is 4. The molecule has 0 bridgehead atoms. The Bertz CT molecular complexity index is 224. The normalized spacial score (nSPS) is 9.40. The largest absolute Gasteiger partial charge is 0.477 e. The zero-order valence-corrected chi connectivity index (χ0v) is 6.38. The van der Waals surface area contributed by atoms with Crippen LogP contribution in [0.4, 0.5) is 0 Å². The van der Waals surface area contributed by atoms with E-state index in [2.05, 4.69) is 10.3 Å². The first-order valence-corrected chi connectivity index (χ1v) is 2.91. The van der Waals surface area contributed by atoms with Gasteiger partial charge in [-0.2, -0.15) is 0 Å². The summed E-state index contributed by atoms with van der Waals surface area (Å²) in [6, 6.07) is 0. The Morgan fingerprint density at radius 2 is 2.20 bits per heavy atom. The minimum Gasteiger partial charge on any atom is -0.477 e. The summed E-state index contributed by atoms with van der Waals surface area (Å²) >= 11 is 4.74. The van der Waals surface area contributed by atoms with Crippen LogP contribution in [0.2, 0.25) is 0 Å².